The van der Waals surface area contributed by atoms with Gasteiger partial charge in [-0.1, -0.05) is 17.7 Å². The van der Waals surface area contributed by atoms with Gasteiger partial charge in [-0.05, 0) is 37.3 Å². The number of carbonyl (C=O) groups excluding carboxylic acids is 1. The number of nitrogens with one attached hydrogen (secondary N) is 2. The average Bonchev–Trinajstić information content (AvgIpc) is 2.50. The molecular weight excluding hydrogens is 288 g/mol. The molecule has 0 saturated heterocycles. The number of nitrogens with zero attached hydrogens (tertiary/aromatic N) is 2. The number of carbonyl (C=O) groups is 1. The van der Waals surface area contributed by atoms with Gasteiger partial charge in [-0.2, -0.15) is 5.10 Å². The predicted octanol–water partition coefficient (Wildman–Crippen LogP) is 2.69. The van der Waals surface area contributed by atoms with Crippen LogP contribution in [0.4, 0.5) is 5.69 Å². The quantitative estimate of drug-likeness (QED) is 0.659. The van der Waals surface area contributed by atoms with Crippen molar-refractivity contribution in [1.29, 1.82) is 0 Å². The van der Waals surface area contributed by atoms with Crippen molar-refractivity contribution in [3.63, 3.8) is 0 Å². The number of pyridine rings is 1. The van der Waals surface area contributed by atoms with Crippen molar-refractivity contribution >= 4 is 29.4 Å². The Morgan fingerprint density at radius 1 is 1.33 bits per heavy atom. The van der Waals surface area contributed by atoms with E-state index in [4.69, 9.17) is 11.6 Å². The molecule has 2 rings (SSSR count). The molecule has 2 N–H and O–H groups in total. The van der Waals surface area contributed by atoms with Gasteiger partial charge in [0.2, 0.25) is 0 Å². The Balaban J connectivity index is 1.85. The molecule has 0 aliphatic rings. The molecule has 0 spiro atoms. The minimum absolute atomic E-state index is 0.231. The van der Waals surface area contributed by atoms with E-state index in [1.807, 2.05) is 18.2 Å². The Morgan fingerprint density at radius 3 is 2.76 bits per heavy atom. The maximum atomic E-state index is 11.9. The summed E-state index contributed by atoms with van der Waals surface area (Å²) in [7, 11) is 0. The molecule has 0 saturated carbocycles. The molecule has 5 nitrogen and oxygen atoms in total. The first-order chi connectivity index (χ1) is 10.1. The molecule has 0 bridgehead atoms. The van der Waals surface area contributed by atoms with Crippen molar-refractivity contribution < 1.29 is 4.79 Å². The van der Waals surface area contributed by atoms with Crippen LogP contribution < -0.4 is 10.7 Å². The van der Waals surface area contributed by atoms with Gasteiger partial charge in [0.15, 0.2) is 0 Å². The van der Waals surface area contributed by atoms with Gasteiger partial charge >= 0.3 is 0 Å². The molecule has 1 atom stereocenters. The van der Waals surface area contributed by atoms with Crippen molar-refractivity contribution in [2.75, 3.05) is 5.32 Å². The molecule has 0 aliphatic heterocycles. The summed E-state index contributed by atoms with van der Waals surface area (Å²) in [5, 5.41) is 7.60. The van der Waals surface area contributed by atoms with E-state index in [2.05, 4.69) is 20.8 Å². The zero-order valence-corrected chi connectivity index (χ0v) is 12.2. The lowest BCUT2D eigenvalue weighted by Gasteiger charge is -2.13. The summed E-state index contributed by atoms with van der Waals surface area (Å²) in [6.07, 6.45) is 4.87. The highest BCUT2D eigenvalue weighted by Gasteiger charge is 2.11. The third-order valence-corrected chi connectivity index (χ3v) is 2.95. The van der Waals surface area contributed by atoms with E-state index in [1.54, 1.807) is 43.7 Å². The van der Waals surface area contributed by atoms with Crippen LogP contribution in [0.5, 0.6) is 0 Å². The standard InChI is InChI=1S/C15H15ClN4O/c1-11(19-14-6-4-13(16)5-7-14)15(21)20-18-10-12-3-2-8-17-9-12/h2-11,19H,1H3,(H,20,21). The van der Waals surface area contributed by atoms with Gasteiger partial charge in [0.1, 0.15) is 6.04 Å². The zero-order valence-electron chi connectivity index (χ0n) is 11.5. The summed E-state index contributed by atoms with van der Waals surface area (Å²) in [4.78, 5) is 15.8. The van der Waals surface area contributed by atoms with Crippen molar-refractivity contribution in [3.8, 4) is 0 Å². The lowest BCUT2D eigenvalue weighted by atomic mass is 10.2. The van der Waals surface area contributed by atoms with Crippen LogP contribution in [-0.2, 0) is 4.79 Å². The molecule has 1 aromatic heterocycles. The highest BCUT2D eigenvalue weighted by atomic mass is 35.5. The molecule has 1 heterocycles. The molecule has 1 amide bonds. The number of hydrogen-bond donors (Lipinski definition) is 2. The second-order valence-electron chi connectivity index (χ2n) is 4.39. The zero-order chi connectivity index (χ0) is 15.1. The maximum absolute atomic E-state index is 11.9. The molecule has 0 radical (unpaired) electrons. The van der Waals surface area contributed by atoms with Gasteiger partial charge in [-0.15, -0.1) is 0 Å². The number of halogens is 1. The number of hydrazone groups is 1. The first kappa shape index (κ1) is 15.0. The lowest BCUT2D eigenvalue weighted by molar-refractivity contribution is -0.121. The van der Waals surface area contributed by atoms with E-state index < -0.39 is 6.04 Å². The molecule has 2 aromatic rings. The Morgan fingerprint density at radius 2 is 2.10 bits per heavy atom. The summed E-state index contributed by atoms with van der Waals surface area (Å²) in [6.45, 7) is 1.75. The number of hydrogen-bond acceptors (Lipinski definition) is 4. The summed E-state index contributed by atoms with van der Waals surface area (Å²) < 4.78 is 0. The van der Waals surface area contributed by atoms with Crippen LogP contribution in [0.3, 0.4) is 0 Å². The highest BCUT2D eigenvalue weighted by molar-refractivity contribution is 6.30. The van der Waals surface area contributed by atoms with E-state index >= 15 is 0 Å². The molecule has 6 heteroatoms. The summed E-state index contributed by atoms with van der Waals surface area (Å²) in [5.41, 5.74) is 4.11. The summed E-state index contributed by atoms with van der Waals surface area (Å²) >= 11 is 5.81. The van der Waals surface area contributed by atoms with Gasteiger partial charge in [0.05, 0.1) is 6.21 Å². The second-order valence-corrected chi connectivity index (χ2v) is 4.83. The van der Waals surface area contributed by atoms with Gasteiger partial charge in [0.25, 0.3) is 5.91 Å². The molecular formula is C15H15ClN4O. The normalized spacial score (nSPS) is 12.1. The van der Waals surface area contributed by atoms with Crippen molar-refractivity contribution in [3.05, 3.63) is 59.4 Å². The van der Waals surface area contributed by atoms with Gasteiger partial charge in [-0.3, -0.25) is 9.78 Å². The monoisotopic (exact) mass is 302 g/mol. The molecule has 0 aliphatic carbocycles. The van der Waals surface area contributed by atoms with Crippen LogP contribution in [0.2, 0.25) is 5.02 Å². The summed E-state index contributed by atoms with van der Waals surface area (Å²) in [6, 6.07) is 10.4. The van der Waals surface area contributed by atoms with Gasteiger partial charge in [-0.25, -0.2) is 5.43 Å². The fraction of sp³-hybridized carbons (Fsp3) is 0.133. The fourth-order valence-corrected chi connectivity index (χ4v) is 1.71. The van der Waals surface area contributed by atoms with Crippen LogP contribution in [-0.4, -0.2) is 23.1 Å². The smallest absolute Gasteiger partial charge is 0.262 e. The third kappa shape index (κ3) is 4.89. The first-order valence-electron chi connectivity index (χ1n) is 6.40. The fourth-order valence-electron chi connectivity index (χ4n) is 1.58. The number of benzene rings is 1. The van der Waals surface area contributed by atoms with Crippen molar-refractivity contribution in [1.82, 2.24) is 10.4 Å². The Kier molecular flexibility index (Phi) is 5.29. The van der Waals surface area contributed by atoms with Crippen LogP contribution >= 0.6 is 11.6 Å². The SMILES string of the molecule is CC(Nc1ccc(Cl)cc1)C(=O)NN=Cc1cccnc1. The number of rotatable bonds is 5. The van der Waals surface area contributed by atoms with Gasteiger partial charge in [0, 0.05) is 28.7 Å². The molecule has 21 heavy (non-hydrogen) atoms. The topological polar surface area (TPSA) is 66.4 Å². The molecule has 108 valence electrons. The second kappa shape index (κ2) is 7.40. The van der Waals surface area contributed by atoms with E-state index in [0.29, 0.717) is 5.02 Å². The van der Waals surface area contributed by atoms with Crippen molar-refractivity contribution in [2.24, 2.45) is 5.10 Å². The lowest BCUT2D eigenvalue weighted by Crippen LogP contribution is -2.34. The van der Waals surface area contributed by atoms with Crippen molar-refractivity contribution in [2.45, 2.75) is 13.0 Å². The van der Waals surface area contributed by atoms with E-state index in [-0.39, 0.29) is 5.91 Å². The van der Waals surface area contributed by atoms with E-state index in [0.717, 1.165) is 11.3 Å². The Hall–Kier alpha value is -2.40. The van der Waals surface area contributed by atoms with Crippen LogP contribution in [0, 0.1) is 0 Å². The largest absolute Gasteiger partial charge is 0.374 e. The average molecular weight is 303 g/mol. The minimum Gasteiger partial charge on any atom is -0.374 e. The van der Waals surface area contributed by atoms with Crippen LogP contribution in [0.1, 0.15) is 12.5 Å². The molecule has 0 fully saturated rings. The molecule has 1 unspecified atom stereocenters. The Bertz CT molecular complexity index is 613. The molecule has 1 aromatic carbocycles. The van der Waals surface area contributed by atoms with Gasteiger partial charge < -0.3 is 5.32 Å². The number of amides is 1. The summed E-state index contributed by atoms with van der Waals surface area (Å²) in [5.74, 6) is -0.231. The number of aromatic nitrogens is 1. The van der Waals surface area contributed by atoms with E-state index in [1.165, 1.54) is 0 Å². The first-order valence-corrected chi connectivity index (χ1v) is 6.78. The maximum Gasteiger partial charge on any atom is 0.262 e. The van der Waals surface area contributed by atoms with Crippen LogP contribution in [0.15, 0.2) is 53.9 Å². The Labute approximate surface area is 128 Å². The van der Waals surface area contributed by atoms with E-state index in [9.17, 15) is 4.79 Å². The highest BCUT2D eigenvalue weighted by Crippen LogP contribution is 2.14. The third-order valence-electron chi connectivity index (χ3n) is 2.69. The minimum atomic E-state index is -0.419. The van der Waals surface area contributed by atoms with Crippen LogP contribution in [0.25, 0.3) is 0 Å². The number of anilines is 1. The predicted molar refractivity (Wildman–Crippen MR) is 84.5 cm³/mol.